The Morgan fingerprint density at radius 3 is 1.48 bits per heavy atom. The van der Waals surface area contributed by atoms with Gasteiger partial charge in [-0.05, 0) is 92.5 Å². The molecule has 0 radical (unpaired) electrons. The number of fused-ring (bicyclic) bond motifs is 9. The van der Waals surface area contributed by atoms with Gasteiger partial charge in [0.1, 0.15) is 0 Å². The molecule has 3 aromatic heterocycles. The van der Waals surface area contributed by atoms with Gasteiger partial charge in [0, 0.05) is 53.1 Å². The van der Waals surface area contributed by atoms with Crippen LogP contribution in [0.2, 0.25) is 0 Å². The molecule has 0 aliphatic heterocycles. The van der Waals surface area contributed by atoms with Crippen LogP contribution in [-0.2, 0) is 0 Å². The minimum absolute atomic E-state index is 1.15. The summed E-state index contributed by atoms with van der Waals surface area (Å²) >= 11 is 1.87. The molecule has 0 unspecified atom stereocenters. The molecule has 0 atom stereocenters. The highest BCUT2D eigenvalue weighted by Crippen LogP contribution is 2.42. The lowest BCUT2D eigenvalue weighted by molar-refractivity contribution is 1.17. The zero-order valence-corrected chi connectivity index (χ0v) is 36.7. The number of thiophene rings is 1. The summed E-state index contributed by atoms with van der Waals surface area (Å²) in [4.78, 5) is 0. The van der Waals surface area contributed by atoms with Crippen molar-refractivity contribution < 1.29 is 0 Å². The second-order valence-corrected chi connectivity index (χ2v) is 21.7. The number of nitrogens with zero attached hydrogens (tertiary/aromatic N) is 2. The predicted octanol–water partition coefficient (Wildman–Crippen LogP) is 13.3. The topological polar surface area (TPSA) is 9.86 Å². The van der Waals surface area contributed by atoms with Crippen LogP contribution < -0.4 is 20.7 Å². The molecule has 64 heavy (non-hydrogen) atoms. The van der Waals surface area contributed by atoms with Crippen molar-refractivity contribution in [1.29, 1.82) is 0 Å². The molecule has 0 spiro atoms. The lowest BCUT2D eigenvalue weighted by Crippen LogP contribution is -2.74. The maximum Gasteiger partial charge on any atom is 0.179 e. The summed E-state index contributed by atoms with van der Waals surface area (Å²) in [6.45, 7) is 0. The van der Waals surface area contributed by atoms with E-state index in [9.17, 15) is 0 Å². The number of benzene rings is 10. The molecule has 0 N–H and O–H groups in total. The summed E-state index contributed by atoms with van der Waals surface area (Å²) in [5.41, 5.74) is 9.59. The number of aromatic nitrogens is 2. The van der Waals surface area contributed by atoms with Gasteiger partial charge in [0.25, 0.3) is 0 Å². The Morgan fingerprint density at radius 2 is 0.797 bits per heavy atom. The van der Waals surface area contributed by atoms with Gasteiger partial charge in [-0.1, -0.05) is 182 Å². The Bertz CT molecular complexity index is 3800. The van der Waals surface area contributed by atoms with E-state index in [0.29, 0.717) is 0 Å². The van der Waals surface area contributed by atoms with Crippen molar-refractivity contribution in [1.82, 2.24) is 9.13 Å². The van der Waals surface area contributed by atoms with Gasteiger partial charge in [-0.15, -0.1) is 11.3 Å². The fourth-order valence-corrected chi connectivity index (χ4v) is 16.7. The van der Waals surface area contributed by atoms with E-state index >= 15 is 0 Å². The van der Waals surface area contributed by atoms with Crippen LogP contribution in [0, 0.1) is 0 Å². The third-order valence-electron chi connectivity index (χ3n) is 13.5. The third-order valence-corrected chi connectivity index (χ3v) is 19.4. The van der Waals surface area contributed by atoms with Crippen molar-refractivity contribution in [3.8, 4) is 22.5 Å². The van der Waals surface area contributed by atoms with Crippen LogP contribution in [0.25, 0.3) is 86.3 Å². The van der Waals surface area contributed by atoms with E-state index in [0.717, 1.165) is 11.4 Å². The first-order valence-corrected chi connectivity index (χ1v) is 24.8. The second-order valence-electron chi connectivity index (χ2n) is 16.8. The molecule has 300 valence electrons. The van der Waals surface area contributed by atoms with Crippen molar-refractivity contribution in [2.75, 3.05) is 0 Å². The molecule has 0 aliphatic rings. The average molecular weight is 849 g/mol. The highest BCUT2D eigenvalue weighted by Gasteiger charge is 2.41. The van der Waals surface area contributed by atoms with Gasteiger partial charge < -0.3 is 9.13 Å². The number of para-hydroxylation sites is 2. The van der Waals surface area contributed by atoms with E-state index in [2.05, 4.69) is 252 Å². The minimum Gasteiger partial charge on any atom is -0.309 e. The molecule has 0 saturated heterocycles. The van der Waals surface area contributed by atoms with E-state index in [4.69, 9.17) is 0 Å². The quantitative estimate of drug-likeness (QED) is 0.112. The standard InChI is InChI=1S/C60H40N2SSi/c1-4-19-44(20-5-1)64(45-21-6-2-7-22-45,46-23-8-3-9-24-46)47-25-16-18-42(39-47)61-55-31-14-11-27-50(55)53-40-43(35-37-56(53)61)62-54-30-13-10-26-49(54)51-36-34-41(38-57(51)62)48-29-17-33-59-60(48)52-28-12-15-32-58(52)63-59/h1-40H. The van der Waals surface area contributed by atoms with Gasteiger partial charge >= 0.3 is 0 Å². The average Bonchev–Trinajstić information content (AvgIpc) is 4.03. The Balaban J connectivity index is 1.02. The Labute approximate surface area is 376 Å². The van der Waals surface area contributed by atoms with Crippen LogP contribution >= 0.6 is 11.3 Å². The van der Waals surface area contributed by atoms with Crippen LogP contribution in [0.5, 0.6) is 0 Å². The molecule has 0 saturated carbocycles. The van der Waals surface area contributed by atoms with Crippen LogP contribution in [0.4, 0.5) is 0 Å². The van der Waals surface area contributed by atoms with Crippen molar-refractivity contribution in [2.45, 2.75) is 0 Å². The maximum absolute atomic E-state index is 2.75. The van der Waals surface area contributed by atoms with Crippen molar-refractivity contribution >= 4 is 104 Å². The Kier molecular flexibility index (Phi) is 8.45. The van der Waals surface area contributed by atoms with Crippen LogP contribution in [0.3, 0.4) is 0 Å². The summed E-state index contributed by atoms with van der Waals surface area (Å²) in [6.07, 6.45) is 0. The molecule has 0 fully saturated rings. The largest absolute Gasteiger partial charge is 0.309 e. The first kappa shape index (κ1) is 36.9. The van der Waals surface area contributed by atoms with Crippen molar-refractivity contribution in [2.24, 2.45) is 0 Å². The monoisotopic (exact) mass is 848 g/mol. The van der Waals surface area contributed by atoms with Gasteiger partial charge in [0.05, 0.1) is 22.1 Å². The van der Waals surface area contributed by atoms with Gasteiger partial charge in [-0.2, -0.15) is 0 Å². The van der Waals surface area contributed by atoms with Crippen LogP contribution in [-0.4, -0.2) is 17.2 Å². The molecule has 13 aromatic rings. The Hall–Kier alpha value is -7.76. The molecule has 3 heterocycles. The first-order chi connectivity index (χ1) is 31.8. The molecular weight excluding hydrogens is 809 g/mol. The van der Waals surface area contributed by atoms with Gasteiger partial charge in [-0.25, -0.2) is 0 Å². The molecule has 0 bridgehead atoms. The fraction of sp³-hybridized carbons (Fsp3) is 0. The van der Waals surface area contributed by atoms with Gasteiger partial charge in [-0.3, -0.25) is 0 Å². The van der Waals surface area contributed by atoms with Gasteiger partial charge in [0.15, 0.2) is 8.07 Å². The van der Waals surface area contributed by atoms with Crippen molar-refractivity contribution in [3.63, 3.8) is 0 Å². The smallest absolute Gasteiger partial charge is 0.179 e. The normalized spacial score (nSPS) is 12.1. The van der Waals surface area contributed by atoms with Crippen LogP contribution in [0.1, 0.15) is 0 Å². The summed E-state index contributed by atoms with van der Waals surface area (Å²) < 4.78 is 7.60. The molecule has 0 aliphatic carbocycles. The van der Waals surface area contributed by atoms with Gasteiger partial charge in [0.2, 0.25) is 0 Å². The number of hydrogen-bond acceptors (Lipinski definition) is 1. The lowest BCUT2D eigenvalue weighted by Gasteiger charge is -2.34. The zero-order chi connectivity index (χ0) is 42.2. The maximum atomic E-state index is 2.48. The van der Waals surface area contributed by atoms with E-state index in [1.165, 1.54) is 95.7 Å². The molecule has 4 heteroatoms. The van der Waals surface area contributed by atoms with Crippen molar-refractivity contribution in [3.05, 3.63) is 243 Å². The van der Waals surface area contributed by atoms with Crippen LogP contribution in [0.15, 0.2) is 243 Å². The molecule has 0 amide bonds. The number of rotatable bonds is 7. The van der Waals surface area contributed by atoms with E-state index < -0.39 is 8.07 Å². The first-order valence-electron chi connectivity index (χ1n) is 22.0. The Morgan fingerprint density at radius 1 is 0.297 bits per heavy atom. The zero-order valence-electron chi connectivity index (χ0n) is 34.9. The fourth-order valence-electron chi connectivity index (χ4n) is 10.8. The molecular formula is C60H40N2SSi. The summed E-state index contributed by atoms with van der Waals surface area (Å²) in [5.74, 6) is 0. The van der Waals surface area contributed by atoms with E-state index in [1.54, 1.807) is 0 Å². The predicted molar refractivity (Wildman–Crippen MR) is 277 cm³/mol. The summed E-state index contributed by atoms with van der Waals surface area (Å²) in [7, 11) is -2.75. The third kappa shape index (κ3) is 5.50. The second kappa shape index (κ2) is 14.7. The number of hydrogen-bond donors (Lipinski definition) is 0. The summed E-state index contributed by atoms with van der Waals surface area (Å²) in [5, 5.41) is 13.1. The summed E-state index contributed by atoms with van der Waals surface area (Å²) in [6, 6.07) is 90.5. The molecule has 10 aromatic carbocycles. The van der Waals surface area contributed by atoms with E-state index in [-0.39, 0.29) is 0 Å². The molecule has 13 rings (SSSR count). The minimum atomic E-state index is -2.75. The lowest BCUT2D eigenvalue weighted by atomic mass is 9.98. The SMILES string of the molecule is c1ccc([Si](c2ccccc2)(c2ccccc2)c2cccc(-n3c4ccccc4c4cc(-n5c6ccccc6c6ccc(-c7cccc8sc9ccccc9c78)cc65)ccc43)c2)cc1. The van der Waals surface area contributed by atoms with E-state index in [1.807, 2.05) is 11.3 Å². The highest BCUT2D eigenvalue weighted by molar-refractivity contribution is 7.26. The highest BCUT2D eigenvalue weighted by atomic mass is 32.1. The molecule has 2 nitrogen and oxygen atoms in total.